The lowest BCUT2D eigenvalue weighted by molar-refractivity contribution is -0.384. The van der Waals surface area contributed by atoms with Crippen molar-refractivity contribution in [1.82, 2.24) is 0 Å². The van der Waals surface area contributed by atoms with E-state index in [0.29, 0.717) is 0 Å². The van der Waals surface area contributed by atoms with Gasteiger partial charge in [0, 0.05) is 17.8 Å². The van der Waals surface area contributed by atoms with Gasteiger partial charge in [-0.25, -0.2) is 4.79 Å². The maximum absolute atomic E-state index is 13.1. The van der Waals surface area contributed by atoms with Gasteiger partial charge in [-0.3, -0.25) is 15.4 Å². The number of carbonyl (C=O) groups excluding carboxylic acids is 1. The number of nitro benzene ring substituents is 1. The molecule has 0 aliphatic carbocycles. The number of amides is 1. The van der Waals surface area contributed by atoms with Crippen molar-refractivity contribution < 1.29 is 26.8 Å². The molecule has 1 N–H and O–H groups in total. The molecule has 8 nitrogen and oxygen atoms in total. The second kappa shape index (κ2) is 6.62. The second-order valence-corrected chi connectivity index (χ2v) is 6.00. The van der Waals surface area contributed by atoms with Crippen LogP contribution in [-0.4, -0.2) is 19.4 Å². The van der Waals surface area contributed by atoms with Gasteiger partial charge in [-0.05, 0) is 36.8 Å². The van der Waals surface area contributed by atoms with Crippen molar-refractivity contribution in [2.45, 2.75) is 11.8 Å². The minimum absolute atomic E-state index is 0.0173. The van der Waals surface area contributed by atoms with E-state index in [1.807, 2.05) is 0 Å². The number of nitrogens with one attached hydrogen (secondary N) is 1. The molecular formula is C14H11FN2O6S. The van der Waals surface area contributed by atoms with Gasteiger partial charge in [-0.2, -0.15) is 8.42 Å². The molecule has 0 spiro atoms. The van der Waals surface area contributed by atoms with E-state index in [-0.39, 0.29) is 22.7 Å². The molecule has 0 saturated carbocycles. The molecule has 0 heterocycles. The quantitative estimate of drug-likeness (QED) is 0.512. The van der Waals surface area contributed by atoms with Crippen LogP contribution in [0.2, 0.25) is 0 Å². The van der Waals surface area contributed by atoms with Crippen LogP contribution in [0.5, 0.6) is 5.75 Å². The van der Waals surface area contributed by atoms with Gasteiger partial charge in [0.1, 0.15) is 10.6 Å². The fourth-order valence-corrected chi connectivity index (χ4v) is 2.55. The summed E-state index contributed by atoms with van der Waals surface area (Å²) in [5.41, 5.74) is 0.0367. The molecule has 0 radical (unpaired) electrons. The third-order valence-electron chi connectivity index (χ3n) is 2.96. The van der Waals surface area contributed by atoms with Gasteiger partial charge in [0.05, 0.1) is 4.92 Å². The smallest absolute Gasteiger partial charge is 0.410 e. The minimum Gasteiger partial charge on any atom is -0.410 e. The molecule has 0 bridgehead atoms. The Morgan fingerprint density at radius 2 is 1.83 bits per heavy atom. The first kappa shape index (κ1) is 17.3. The summed E-state index contributed by atoms with van der Waals surface area (Å²) in [6, 6.07) is 8.43. The predicted molar refractivity (Wildman–Crippen MR) is 82.2 cm³/mol. The third kappa shape index (κ3) is 4.26. The Hall–Kier alpha value is -3.01. The molecular weight excluding hydrogens is 343 g/mol. The zero-order valence-electron chi connectivity index (χ0n) is 12.2. The first-order valence-corrected chi connectivity index (χ1v) is 7.84. The molecule has 0 unspecified atom stereocenters. The van der Waals surface area contributed by atoms with Crippen LogP contribution in [0.3, 0.4) is 0 Å². The normalized spacial score (nSPS) is 10.9. The molecule has 0 aliphatic rings. The maximum Gasteiger partial charge on any atom is 0.417 e. The van der Waals surface area contributed by atoms with E-state index in [0.717, 1.165) is 18.2 Å². The van der Waals surface area contributed by atoms with Crippen LogP contribution in [0.15, 0.2) is 47.4 Å². The van der Waals surface area contributed by atoms with Crippen LogP contribution in [-0.2, 0) is 10.2 Å². The molecule has 126 valence electrons. The van der Waals surface area contributed by atoms with Crippen molar-refractivity contribution in [3.63, 3.8) is 0 Å². The number of non-ortho nitro benzene ring substituents is 1. The van der Waals surface area contributed by atoms with Crippen LogP contribution < -0.4 is 10.1 Å². The van der Waals surface area contributed by atoms with Crippen molar-refractivity contribution in [2.75, 3.05) is 5.32 Å². The van der Waals surface area contributed by atoms with E-state index in [9.17, 15) is 27.2 Å². The number of halogens is 1. The number of anilines is 1. The number of nitrogens with zero attached hydrogens (tertiary/aromatic N) is 1. The lowest BCUT2D eigenvalue weighted by Crippen LogP contribution is -2.17. The molecule has 0 saturated heterocycles. The minimum atomic E-state index is -4.92. The largest absolute Gasteiger partial charge is 0.417 e. The summed E-state index contributed by atoms with van der Waals surface area (Å²) in [4.78, 5) is 21.1. The molecule has 2 rings (SSSR count). The highest BCUT2D eigenvalue weighted by atomic mass is 32.3. The molecule has 2 aromatic carbocycles. The SMILES string of the molecule is Cc1ccc(NC(=O)Oc2ccc([N+](=O)[O-])cc2)cc1S(=O)(=O)F. The number of nitro groups is 1. The Balaban J connectivity index is 2.11. The highest BCUT2D eigenvalue weighted by Gasteiger charge is 2.17. The number of carbonyl (C=O) groups is 1. The number of rotatable bonds is 4. The van der Waals surface area contributed by atoms with Crippen LogP contribution in [0.4, 0.5) is 20.1 Å². The fraction of sp³-hybridized carbons (Fsp3) is 0.0714. The number of hydrogen-bond donors (Lipinski definition) is 1. The van der Waals surface area contributed by atoms with Crippen molar-refractivity contribution in [3.05, 3.63) is 58.1 Å². The Morgan fingerprint density at radius 3 is 2.38 bits per heavy atom. The standard InChI is InChI=1S/C14H11FN2O6S/c1-9-2-3-10(8-13(9)24(15,21)22)16-14(18)23-12-6-4-11(5-7-12)17(19)20/h2-8H,1H3,(H,16,18). The van der Waals surface area contributed by atoms with Crippen molar-refractivity contribution in [1.29, 1.82) is 0 Å². The highest BCUT2D eigenvalue weighted by molar-refractivity contribution is 7.86. The van der Waals surface area contributed by atoms with Gasteiger partial charge in [0.15, 0.2) is 0 Å². The van der Waals surface area contributed by atoms with Crippen molar-refractivity contribution in [2.24, 2.45) is 0 Å². The molecule has 2 aromatic rings. The van der Waals surface area contributed by atoms with Gasteiger partial charge in [-0.15, -0.1) is 3.89 Å². The summed E-state index contributed by atoms with van der Waals surface area (Å²) in [5, 5.41) is 12.8. The molecule has 24 heavy (non-hydrogen) atoms. The first-order chi connectivity index (χ1) is 11.2. The number of benzene rings is 2. The van der Waals surface area contributed by atoms with Gasteiger partial charge >= 0.3 is 16.3 Å². The van der Waals surface area contributed by atoms with E-state index in [2.05, 4.69) is 5.32 Å². The lowest BCUT2D eigenvalue weighted by Gasteiger charge is -2.08. The van der Waals surface area contributed by atoms with Gasteiger partial charge in [0.2, 0.25) is 0 Å². The molecule has 10 heteroatoms. The first-order valence-electron chi connectivity index (χ1n) is 6.45. The van der Waals surface area contributed by atoms with Crippen LogP contribution >= 0.6 is 0 Å². The Labute approximate surface area is 136 Å². The van der Waals surface area contributed by atoms with Crippen molar-refractivity contribution in [3.8, 4) is 5.75 Å². The zero-order chi connectivity index (χ0) is 17.9. The average molecular weight is 354 g/mol. The maximum atomic E-state index is 13.1. The topological polar surface area (TPSA) is 116 Å². The summed E-state index contributed by atoms with van der Waals surface area (Å²) < 4.78 is 40.0. The van der Waals surface area contributed by atoms with E-state index >= 15 is 0 Å². The molecule has 0 aliphatic heterocycles. The predicted octanol–water partition coefficient (Wildman–Crippen LogP) is 3.17. The summed E-state index contributed by atoms with van der Waals surface area (Å²) in [6.45, 7) is 1.41. The third-order valence-corrected chi connectivity index (χ3v) is 3.92. The van der Waals surface area contributed by atoms with Crippen LogP contribution in [0.25, 0.3) is 0 Å². The second-order valence-electron chi connectivity index (χ2n) is 4.68. The average Bonchev–Trinajstić information content (AvgIpc) is 2.48. The zero-order valence-corrected chi connectivity index (χ0v) is 13.0. The lowest BCUT2D eigenvalue weighted by atomic mass is 10.2. The highest BCUT2D eigenvalue weighted by Crippen LogP contribution is 2.22. The van der Waals surface area contributed by atoms with E-state index in [1.54, 1.807) is 0 Å². The fourth-order valence-electron chi connectivity index (χ4n) is 1.83. The summed E-state index contributed by atoms with van der Waals surface area (Å²) in [5.74, 6) is 0.0450. The monoisotopic (exact) mass is 354 g/mol. The Morgan fingerprint density at radius 1 is 1.21 bits per heavy atom. The Bertz CT molecular complexity index is 896. The summed E-state index contributed by atoms with van der Waals surface area (Å²) in [6.07, 6.45) is -0.963. The Kier molecular flexibility index (Phi) is 4.79. The molecule has 1 amide bonds. The van der Waals surface area contributed by atoms with E-state index in [4.69, 9.17) is 4.74 Å². The van der Waals surface area contributed by atoms with Crippen LogP contribution in [0, 0.1) is 17.0 Å². The van der Waals surface area contributed by atoms with Crippen LogP contribution in [0.1, 0.15) is 5.56 Å². The van der Waals surface area contributed by atoms with Gasteiger partial charge in [-0.1, -0.05) is 6.07 Å². The number of aryl methyl sites for hydroxylation is 1. The van der Waals surface area contributed by atoms with Gasteiger partial charge < -0.3 is 4.74 Å². The van der Waals surface area contributed by atoms with E-state index < -0.39 is 26.1 Å². The number of ether oxygens (including phenoxy) is 1. The molecule has 0 atom stereocenters. The van der Waals surface area contributed by atoms with Crippen molar-refractivity contribution >= 4 is 27.7 Å². The number of hydrogen-bond acceptors (Lipinski definition) is 6. The summed E-state index contributed by atoms with van der Waals surface area (Å²) >= 11 is 0. The molecule has 0 aromatic heterocycles. The molecule has 0 fully saturated rings. The summed E-state index contributed by atoms with van der Waals surface area (Å²) in [7, 11) is -4.92. The van der Waals surface area contributed by atoms with Gasteiger partial charge in [0.25, 0.3) is 5.69 Å². The van der Waals surface area contributed by atoms with E-state index in [1.165, 1.54) is 31.2 Å².